The predicted octanol–water partition coefficient (Wildman–Crippen LogP) is 3.73. The first-order chi connectivity index (χ1) is 15.5. The highest BCUT2D eigenvalue weighted by Gasteiger charge is 2.41. The van der Waals surface area contributed by atoms with Crippen LogP contribution in [-0.2, 0) is 17.1 Å². The number of rotatable bonds is 6. The average Bonchev–Trinajstić information content (AvgIpc) is 3.35. The van der Waals surface area contributed by atoms with Crippen molar-refractivity contribution in [2.75, 3.05) is 18.4 Å². The lowest BCUT2D eigenvalue weighted by molar-refractivity contribution is -0.274. The summed E-state index contributed by atoms with van der Waals surface area (Å²) in [5, 5.41) is 3.01. The third kappa shape index (κ3) is 5.28. The van der Waals surface area contributed by atoms with Crippen LogP contribution in [0.3, 0.4) is 0 Å². The van der Waals surface area contributed by atoms with Crippen LogP contribution >= 0.6 is 0 Å². The van der Waals surface area contributed by atoms with Crippen LogP contribution in [0, 0.1) is 5.82 Å². The molecule has 4 rings (SSSR count). The molecule has 0 radical (unpaired) electrons. The van der Waals surface area contributed by atoms with Crippen molar-refractivity contribution in [1.29, 1.82) is 0 Å². The summed E-state index contributed by atoms with van der Waals surface area (Å²) in [6.45, 7) is 0.117. The standard InChI is InChI=1S/C21H20F4N4O3S/c1-28-12-20(26-13-28)33(30,31)29-10-18(14-5-7-15(22)8-6-14)19(11-29)27-16-3-2-4-17(9-16)32-21(23,24)25/h2-9,12-13,18-19,27H,10-11H2,1H3. The number of nitrogens with zero attached hydrogens (tertiary/aromatic N) is 3. The zero-order valence-electron chi connectivity index (χ0n) is 17.3. The summed E-state index contributed by atoms with van der Waals surface area (Å²) in [7, 11) is -2.26. The van der Waals surface area contributed by atoms with Gasteiger partial charge in [0, 0.05) is 50.0 Å². The minimum absolute atomic E-state index is 0.0330. The van der Waals surface area contributed by atoms with Crippen LogP contribution in [0.4, 0.5) is 23.2 Å². The number of ether oxygens (including phenoxy) is 1. The summed E-state index contributed by atoms with van der Waals surface area (Å²) in [5.74, 6) is -1.23. The summed E-state index contributed by atoms with van der Waals surface area (Å²) in [6, 6.07) is 10.5. The van der Waals surface area contributed by atoms with E-state index in [0.29, 0.717) is 11.3 Å². The maximum atomic E-state index is 13.4. The number of hydrogen-bond donors (Lipinski definition) is 1. The highest BCUT2D eigenvalue weighted by molar-refractivity contribution is 7.89. The third-order valence-corrected chi connectivity index (χ3v) is 7.01. The SMILES string of the molecule is Cn1cnc(S(=O)(=O)N2CC(Nc3cccc(OC(F)(F)F)c3)C(c3ccc(F)cc3)C2)c1. The lowest BCUT2D eigenvalue weighted by Crippen LogP contribution is -2.32. The number of nitrogens with one attached hydrogen (secondary N) is 1. The summed E-state index contributed by atoms with van der Waals surface area (Å²) < 4.78 is 84.2. The zero-order valence-corrected chi connectivity index (χ0v) is 18.1. The van der Waals surface area contributed by atoms with Gasteiger partial charge in [-0.1, -0.05) is 18.2 Å². The number of aromatic nitrogens is 2. The second kappa shape index (κ2) is 8.67. The van der Waals surface area contributed by atoms with Gasteiger partial charge in [-0.3, -0.25) is 0 Å². The van der Waals surface area contributed by atoms with Crippen molar-refractivity contribution < 1.29 is 30.7 Å². The second-order valence-electron chi connectivity index (χ2n) is 7.68. The molecule has 0 aliphatic carbocycles. The van der Waals surface area contributed by atoms with Gasteiger partial charge in [-0.15, -0.1) is 13.2 Å². The number of aryl methyl sites for hydroxylation is 1. The highest BCUT2D eigenvalue weighted by atomic mass is 32.2. The van der Waals surface area contributed by atoms with E-state index < -0.39 is 39.9 Å². The van der Waals surface area contributed by atoms with Gasteiger partial charge in [-0.25, -0.2) is 17.8 Å². The first-order valence-electron chi connectivity index (χ1n) is 9.87. The lowest BCUT2D eigenvalue weighted by atomic mass is 9.94. The van der Waals surface area contributed by atoms with Crippen molar-refractivity contribution in [2.24, 2.45) is 7.05 Å². The summed E-state index contributed by atoms with van der Waals surface area (Å²) in [4.78, 5) is 3.94. The Morgan fingerprint density at radius 3 is 2.48 bits per heavy atom. The van der Waals surface area contributed by atoms with E-state index >= 15 is 0 Å². The topological polar surface area (TPSA) is 76.5 Å². The van der Waals surface area contributed by atoms with E-state index in [2.05, 4.69) is 15.0 Å². The molecule has 2 atom stereocenters. The zero-order chi connectivity index (χ0) is 23.8. The summed E-state index contributed by atoms with van der Waals surface area (Å²) in [6.07, 6.45) is -2.07. The molecule has 33 heavy (non-hydrogen) atoms. The second-order valence-corrected chi connectivity index (χ2v) is 9.57. The van der Waals surface area contributed by atoms with Crippen LogP contribution in [-0.4, -0.2) is 47.8 Å². The average molecular weight is 484 g/mol. The molecule has 2 aromatic carbocycles. The van der Waals surface area contributed by atoms with Crippen LogP contribution in [0.2, 0.25) is 0 Å². The Balaban J connectivity index is 1.63. The number of alkyl halides is 3. The summed E-state index contributed by atoms with van der Waals surface area (Å²) >= 11 is 0. The number of benzene rings is 2. The Hall–Kier alpha value is -3.12. The van der Waals surface area contributed by atoms with E-state index in [-0.39, 0.29) is 18.1 Å². The first-order valence-corrected chi connectivity index (χ1v) is 11.3. The molecule has 3 aromatic rings. The Labute approximate surface area is 187 Å². The van der Waals surface area contributed by atoms with Crippen LogP contribution in [0.25, 0.3) is 0 Å². The van der Waals surface area contributed by atoms with E-state index in [4.69, 9.17) is 0 Å². The third-order valence-electron chi connectivity index (χ3n) is 5.29. The van der Waals surface area contributed by atoms with Crippen LogP contribution in [0.1, 0.15) is 11.5 Å². The molecule has 1 aliphatic rings. The Morgan fingerprint density at radius 1 is 1.12 bits per heavy atom. The molecule has 0 saturated carbocycles. The van der Waals surface area contributed by atoms with Gasteiger partial charge in [0.2, 0.25) is 0 Å². The monoisotopic (exact) mass is 484 g/mol. The van der Waals surface area contributed by atoms with E-state index in [9.17, 15) is 26.0 Å². The molecule has 0 spiro atoms. The minimum Gasteiger partial charge on any atom is -0.406 e. The van der Waals surface area contributed by atoms with Crippen molar-refractivity contribution >= 4 is 15.7 Å². The Morgan fingerprint density at radius 2 is 1.85 bits per heavy atom. The smallest absolute Gasteiger partial charge is 0.406 e. The quantitative estimate of drug-likeness (QED) is 0.540. The number of anilines is 1. The van der Waals surface area contributed by atoms with Gasteiger partial charge in [0.05, 0.1) is 6.33 Å². The summed E-state index contributed by atoms with van der Waals surface area (Å²) in [5.41, 5.74) is 1.02. The van der Waals surface area contributed by atoms with Gasteiger partial charge >= 0.3 is 6.36 Å². The molecule has 12 heteroatoms. The molecule has 0 amide bonds. The maximum Gasteiger partial charge on any atom is 0.573 e. The number of sulfonamides is 1. The molecule has 1 N–H and O–H groups in total. The van der Waals surface area contributed by atoms with E-state index in [1.807, 2.05) is 0 Å². The Bertz CT molecular complexity index is 1230. The molecular formula is C21H20F4N4O3S. The molecule has 0 bridgehead atoms. The highest BCUT2D eigenvalue weighted by Crippen LogP contribution is 2.34. The minimum atomic E-state index is -4.84. The van der Waals surface area contributed by atoms with Crippen molar-refractivity contribution in [1.82, 2.24) is 13.9 Å². The molecule has 2 unspecified atom stereocenters. The molecule has 1 aromatic heterocycles. The normalized spacial score (nSPS) is 19.5. The molecular weight excluding hydrogens is 464 g/mol. The fraction of sp³-hybridized carbons (Fsp3) is 0.286. The van der Waals surface area contributed by atoms with Crippen molar-refractivity contribution in [3.05, 3.63) is 72.4 Å². The van der Waals surface area contributed by atoms with Crippen molar-refractivity contribution in [2.45, 2.75) is 23.3 Å². The number of hydrogen-bond acceptors (Lipinski definition) is 5. The van der Waals surface area contributed by atoms with E-state index in [1.165, 1.54) is 51.7 Å². The Kier molecular flexibility index (Phi) is 6.06. The van der Waals surface area contributed by atoms with Crippen molar-refractivity contribution in [3.63, 3.8) is 0 Å². The lowest BCUT2D eigenvalue weighted by Gasteiger charge is -2.22. The van der Waals surface area contributed by atoms with Gasteiger partial charge < -0.3 is 14.6 Å². The van der Waals surface area contributed by atoms with E-state index in [0.717, 1.165) is 0 Å². The fourth-order valence-electron chi connectivity index (χ4n) is 3.81. The molecule has 1 saturated heterocycles. The fourth-order valence-corrected chi connectivity index (χ4v) is 5.27. The van der Waals surface area contributed by atoms with Gasteiger partial charge in [0.15, 0.2) is 5.03 Å². The van der Waals surface area contributed by atoms with Crippen LogP contribution in [0.15, 0.2) is 66.1 Å². The van der Waals surface area contributed by atoms with Crippen molar-refractivity contribution in [3.8, 4) is 5.75 Å². The molecule has 176 valence electrons. The maximum absolute atomic E-state index is 13.4. The van der Waals surface area contributed by atoms with Crippen LogP contribution in [0.5, 0.6) is 5.75 Å². The molecule has 1 fully saturated rings. The molecule has 1 aliphatic heterocycles. The van der Waals surface area contributed by atoms with Gasteiger partial charge in [0.25, 0.3) is 10.0 Å². The molecule has 2 heterocycles. The van der Waals surface area contributed by atoms with Gasteiger partial charge in [0.1, 0.15) is 11.6 Å². The molecule has 7 nitrogen and oxygen atoms in total. The van der Waals surface area contributed by atoms with Crippen LogP contribution < -0.4 is 10.1 Å². The first kappa shape index (κ1) is 23.1. The largest absolute Gasteiger partial charge is 0.573 e. The number of halogens is 4. The predicted molar refractivity (Wildman–Crippen MR) is 112 cm³/mol. The number of imidazole rings is 1. The van der Waals surface area contributed by atoms with Gasteiger partial charge in [-0.05, 0) is 29.8 Å². The van der Waals surface area contributed by atoms with Gasteiger partial charge in [-0.2, -0.15) is 4.31 Å². The van der Waals surface area contributed by atoms with E-state index in [1.54, 1.807) is 25.2 Å².